The highest BCUT2D eigenvalue weighted by Gasteiger charge is 2.28. The smallest absolute Gasteiger partial charge is 0.348 e. The normalized spacial score (nSPS) is 15.2. The Hall–Kier alpha value is -0.930. The highest BCUT2D eigenvalue weighted by atomic mass is 79.9. The zero-order valence-corrected chi connectivity index (χ0v) is 17.0. The van der Waals surface area contributed by atoms with Crippen molar-refractivity contribution in [3.63, 3.8) is 0 Å². The van der Waals surface area contributed by atoms with Gasteiger partial charge in [-0.3, -0.25) is 9.59 Å². The molecule has 0 radical (unpaired) electrons. The van der Waals surface area contributed by atoms with Crippen molar-refractivity contribution >= 4 is 61.0 Å². The van der Waals surface area contributed by atoms with Crippen LogP contribution in [-0.4, -0.2) is 49.0 Å². The molecule has 0 aromatic carbocycles. The van der Waals surface area contributed by atoms with Gasteiger partial charge >= 0.3 is 11.9 Å². The second-order valence-corrected chi connectivity index (χ2v) is 8.44. The summed E-state index contributed by atoms with van der Waals surface area (Å²) in [6, 6.07) is 1.65. The van der Waals surface area contributed by atoms with Crippen LogP contribution < -0.4 is 0 Å². The molecular weight excluding hydrogens is 466 g/mol. The SMILES string of the molecule is CCOC(=O)C1CCN(C(=O)COC(=O)c2cc(Br)c(Br)s2)CC1. The summed E-state index contributed by atoms with van der Waals surface area (Å²) >= 11 is 7.84. The largest absolute Gasteiger partial charge is 0.466 e. The van der Waals surface area contributed by atoms with E-state index in [2.05, 4.69) is 31.9 Å². The van der Waals surface area contributed by atoms with Gasteiger partial charge in [0.25, 0.3) is 5.91 Å². The number of carbonyl (C=O) groups excluding carboxylic acids is 3. The van der Waals surface area contributed by atoms with Gasteiger partial charge in [0.05, 0.1) is 16.3 Å². The van der Waals surface area contributed by atoms with Crippen molar-refractivity contribution in [2.45, 2.75) is 19.8 Å². The van der Waals surface area contributed by atoms with E-state index in [1.807, 2.05) is 0 Å². The molecular formula is C15H17Br2NO5S. The minimum atomic E-state index is -0.527. The van der Waals surface area contributed by atoms with E-state index in [9.17, 15) is 14.4 Å². The van der Waals surface area contributed by atoms with Crippen LogP contribution in [0.4, 0.5) is 0 Å². The summed E-state index contributed by atoms with van der Waals surface area (Å²) in [6.07, 6.45) is 1.15. The Bertz CT molecular complexity index is 606. The van der Waals surface area contributed by atoms with Crippen molar-refractivity contribution < 1.29 is 23.9 Å². The number of hydrogen-bond donors (Lipinski definition) is 0. The summed E-state index contributed by atoms with van der Waals surface area (Å²) in [5.41, 5.74) is 0. The second kappa shape index (κ2) is 8.96. The molecule has 24 heavy (non-hydrogen) atoms. The quantitative estimate of drug-likeness (QED) is 0.602. The lowest BCUT2D eigenvalue weighted by Crippen LogP contribution is -2.42. The van der Waals surface area contributed by atoms with E-state index in [0.29, 0.717) is 37.4 Å². The molecule has 0 unspecified atom stereocenters. The minimum Gasteiger partial charge on any atom is -0.466 e. The van der Waals surface area contributed by atoms with Crippen molar-refractivity contribution in [1.29, 1.82) is 0 Å². The maximum Gasteiger partial charge on any atom is 0.348 e. The third-order valence-corrected chi connectivity index (χ3v) is 6.88. The van der Waals surface area contributed by atoms with Gasteiger partial charge in [-0.25, -0.2) is 4.79 Å². The predicted octanol–water partition coefficient (Wildman–Crippen LogP) is 3.23. The lowest BCUT2D eigenvalue weighted by molar-refractivity contribution is -0.151. The first-order valence-electron chi connectivity index (χ1n) is 7.48. The van der Waals surface area contributed by atoms with Gasteiger partial charge in [-0.1, -0.05) is 0 Å². The van der Waals surface area contributed by atoms with E-state index in [0.717, 1.165) is 8.26 Å². The topological polar surface area (TPSA) is 72.9 Å². The zero-order chi connectivity index (χ0) is 17.7. The number of thiophene rings is 1. The van der Waals surface area contributed by atoms with Crippen molar-refractivity contribution in [1.82, 2.24) is 4.90 Å². The highest BCUT2D eigenvalue weighted by molar-refractivity contribution is 9.13. The monoisotopic (exact) mass is 481 g/mol. The minimum absolute atomic E-state index is 0.155. The first kappa shape index (κ1) is 19.4. The summed E-state index contributed by atoms with van der Waals surface area (Å²) in [5.74, 6) is -1.14. The molecule has 9 heteroatoms. The molecule has 0 spiro atoms. The van der Waals surface area contributed by atoms with Gasteiger partial charge in [-0.15, -0.1) is 11.3 Å². The summed E-state index contributed by atoms with van der Waals surface area (Å²) < 4.78 is 11.6. The molecule has 2 heterocycles. The molecule has 0 aliphatic carbocycles. The van der Waals surface area contributed by atoms with Gasteiger partial charge in [0.15, 0.2) is 6.61 Å². The molecule has 132 valence electrons. The third-order valence-electron chi connectivity index (χ3n) is 3.64. The number of halogens is 2. The summed E-state index contributed by atoms with van der Waals surface area (Å²) in [6.45, 7) is 2.78. The number of amides is 1. The van der Waals surface area contributed by atoms with E-state index >= 15 is 0 Å². The molecule has 1 amide bonds. The van der Waals surface area contributed by atoms with Gasteiger partial charge in [0.1, 0.15) is 4.88 Å². The molecule has 1 aliphatic rings. The average Bonchev–Trinajstić information content (AvgIpc) is 2.92. The molecule has 0 bridgehead atoms. The molecule has 0 atom stereocenters. The Kier molecular flexibility index (Phi) is 7.24. The standard InChI is InChI=1S/C15H17Br2NO5S/c1-2-22-14(20)9-3-5-18(6-4-9)12(19)8-23-15(21)11-7-10(16)13(17)24-11/h7,9H,2-6,8H2,1H3. The molecule has 1 fully saturated rings. The molecule has 0 saturated carbocycles. The van der Waals surface area contributed by atoms with Crippen LogP contribution in [0.25, 0.3) is 0 Å². The summed E-state index contributed by atoms with van der Waals surface area (Å²) in [5, 5.41) is 0. The van der Waals surface area contributed by atoms with Gasteiger partial charge in [-0.05, 0) is 57.7 Å². The van der Waals surface area contributed by atoms with Crippen LogP contribution in [0.2, 0.25) is 0 Å². The second-order valence-electron chi connectivity index (χ2n) is 5.22. The van der Waals surface area contributed by atoms with Crippen LogP contribution in [0.1, 0.15) is 29.4 Å². The van der Waals surface area contributed by atoms with Crippen LogP contribution in [-0.2, 0) is 19.1 Å². The number of nitrogens with zero attached hydrogens (tertiary/aromatic N) is 1. The molecule has 1 aromatic rings. The van der Waals surface area contributed by atoms with Crippen molar-refractivity contribution in [2.24, 2.45) is 5.92 Å². The zero-order valence-electron chi connectivity index (χ0n) is 13.0. The van der Waals surface area contributed by atoms with Gasteiger partial charge in [0.2, 0.25) is 0 Å². The first-order chi connectivity index (χ1) is 11.4. The summed E-state index contributed by atoms with van der Waals surface area (Å²) in [4.78, 5) is 37.8. The van der Waals surface area contributed by atoms with Gasteiger partial charge < -0.3 is 14.4 Å². The molecule has 2 rings (SSSR count). The van der Waals surface area contributed by atoms with E-state index in [-0.39, 0.29) is 24.4 Å². The Balaban J connectivity index is 1.77. The van der Waals surface area contributed by atoms with E-state index in [1.165, 1.54) is 11.3 Å². The Morgan fingerprint density at radius 2 is 1.92 bits per heavy atom. The lowest BCUT2D eigenvalue weighted by atomic mass is 9.97. The molecule has 0 N–H and O–H groups in total. The Morgan fingerprint density at radius 3 is 2.46 bits per heavy atom. The number of carbonyl (C=O) groups is 3. The molecule has 6 nitrogen and oxygen atoms in total. The third kappa shape index (κ3) is 5.03. The van der Waals surface area contributed by atoms with Crippen LogP contribution >= 0.6 is 43.2 Å². The fourth-order valence-corrected chi connectivity index (χ4v) is 4.29. The predicted molar refractivity (Wildman–Crippen MR) is 95.9 cm³/mol. The van der Waals surface area contributed by atoms with E-state index < -0.39 is 5.97 Å². The highest BCUT2D eigenvalue weighted by Crippen LogP contribution is 2.32. The van der Waals surface area contributed by atoms with Gasteiger partial charge in [0, 0.05) is 17.6 Å². The summed E-state index contributed by atoms with van der Waals surface area (Å²) in [7, 11) is 0. The fourth-order valence-electron chi connectivity index (χ4n) is 2.36. The molecule has 1 aromatic heterocycles. The first-order valence-corrected chi connectivity index (χ1v) is 9.89. The maximum atomic E-state index is 12.1. The Labute approximate surface area is 160 Å². The Morgan fingerprint density at radius 1 is 1.25 bits per heavy atom. The molecule has 1 aliphatic heterocycles. The maximum absolute atomic E-state index is 12.1. The van der Waals surface area contributed by atoms with Crippen LogP contribution in [0.15, 0.2) is 14.3 Å². The number of ether oxygens (including phenoxy) is 2. The van der Waals surface area contributed by atoms with E-state index in [4.69, 9.17) is 9.47 Å². The van der Waals surface area contributed by atoms with Crippen LogP contribution in [0.3, 0.4) is 0 Å². The number of piperidine rings is 1. The van der Waals surface area contributed by atoms with Crippen LogP contribution in [0, 0.1) is 5.92 Å². The number of likely N-dealkylation sites (tertiary alicyclic amines) is 1. The molecule has 1 saturated heterocycles. The lowest BCUT2D eigenvalue weighted by Gasteiger charge is -2.30. The van der Waals surface area contributed by atoms with Gasteiger partial charge in [-0.2, -0.15) is 0 Å². The average molecular weight is 483 g/mol. The van der Waals surface area contributed by atoms with Crippen molar-refractivity contribution in [2.75, 3.05) is 26.3 Å². The number of rotatable bonds is 5. The van der Waals surface area contributed by atoms with E-state index in [1.54, 1.807) is 17.9 Å². The van der Waals surface area contributed by atoms with Crippen LogP contribution in [0.5, 0.6) is 0 Å². The number of hydrogen-bond acceptors (Lipinski definition) is 6. The van der Waals surface area contributed by atoms with Crippen molar-refractivity contribution in [3.05, 3.63) is 19.2 Å². The number of esters is 2. The van der Waals surface area contributed by atoms with Crippen molar-refractivity contribution in [3.8, 4) is 0 Å². The fraction of sp³-hybridized carbons (Fsp3) is 0.533.